The van der Waals surface area contributed by atoms with Crippen molar-refractivity contribution in [1.82, 2.24) is 15.0 Å². The third-order valence-electron chi connectivity index (χ3n) is 8.68. The lowest BCUT2D eigenvalue weighted by molar-refractivity contribution is -0.741. The first-order valence-corrected chi connectivity index (χ1v) is 14.6. The molecule has 6 rings (SSSR count). The molecule has 0 fully saturated rings. The van der Waals surface area contributed by atoms with E-state index in [2.05, 4.69) is 140 Å². The van der Waals surface area contributed by atoms with Crippen LogP contribution in [0, 0.1) is 0 Å². The summed E-state index contributed by atoms with van der Waals surface area (Å²) in [7, 11) is 0. The van der Waals surface area contributed by atoms with Gasteiger partial charge in [0.1, 0.15) is 5.69 Å². The lowest BCUT2D eigenvalue weighted by Crippen LogP contribution is -2.59. The lowest BCUT2D eigenvalue weighted by Gasteiger charge is -2.34. The fourth-order valence-electron chi connectivity index (χ4n) is 6.32. The topological polar surface area (TPSA) is 34.6 Å². The van der Waals surface area contributed by atoms with Gasteiger partial charge in [-0.25, -0.2) is 4.68 Å². The summed E-state index contributed by atoms with van der Waals surface area (Å²) in [5.74, 6) is 0. The third kappa shape index (κ3) is 4.28. The Balaban J connectivity index is 1.43. The molecule has 3 heterocycles. The van der Waals surface area contributed by atoms with E-state index in [-0.39, 0.29) is 5.54 Å². The van der Waals surface area contributed by atoms with Crippen LogP contribution in [-0.2, 0) is 12.0 Å². The summed E-state index contributed by atoms with van der Waals surface area (Å²) in [5.41, 5.74) is 11.4. The molecule has 1 aliphatic rings. The van der Waals surface area contributed by atoms with Crippen LogP contribution in [-0.4, -0.2) is 15.0 Å². The molecule has 1 aliphatic heterocycles. The molecule has 5 aromatic rings. The van der Waals surface area contributed by atoms with Gasteiger partial charge in [-0.1, -0.05) is 87.5 Å². The molecule has 40 heavy (non-hydrogen) atoms. The number of benzene rings is 3. The molecule has 0 aliphatic carbocycles. The van der Waals surface area contributed by atoms with Crippen molar-refractivity contribution >= 4 is 5.57 Å². The molecule has 0 saturated heterocycles. The summed E-state index contributed by atoms with van der Waals surface area (Å²) in [6.45, 7) is 11.4. The zero-order valence-corrected chi connectivity index (χ0v) is 23.8. The van der Waals surface area contributed by atoms with E-state index in [1.807, 2.05) is 4.68 Å². The summed E-state index contributed by atoms with van der Waals surface area (Å²) in [5, 5.41) is 9.29. The van der Waals surface area contributed by atoms with E-state index >= 15 is 0 Å². The number of fused-ring (bicyclic) bond motifs is 3. The second-order valence-electron chi connectivity index (χ2n) is 10.8. The fourth-order valence-corrected chi connectivity index (χ4v) is 6.32. The first kappa shape index (κ1) is 25.9. The normalized spacial score (nSPS) is 13.6. The molecule has 0 saturated carbocycles. The minimum atomic E-state index is -0.109. The van der Waals surface area contributed by atoms with Gasteiger partial charge in [0, 0.05) is 36.1 Å². The number of aromatic nitrogens is 4. The van der Waals surface area contributed by atoms with Gasteiger partial charge in [0.15, 0.2) is 11.7 Å². The molecule has 200 valence electrons. The number of rotatable bonds is 8. The molecule has 2 aromatic heterocycles. The summed E-state index contributed by atoms with van der Waals surface area (Å²) < 4.78 is 4.32. The average molecular weight is 526 g/mol. The van der Waals surface area contributed by atoms with Crippen LogP contribution in [0.5, 0.6) is 0 Å². The molecule has 4 nitrogen and oxygen atoms in total. The average Bonchev–Trinajstić information content (AvgIpc) is 3.51. The Labute approximate surface area is 237 Å². The Morgan fingerprint density at radius 1 is 0.800 bits per heavy atom. The molecule has 0 radical (unpaired) electrons. The SMILES string of the molecule is C=C1c2ccc(-n3cc(-c4cc(CCCC)ccc4-c4ccccc4)nn3)cc2-c2cccc[n+]2C1(CC)CC. The number of unbranched alkanes of at least 4 members (excludes halogenated alkanes) is 1. The molecule has 0 spiro atoms. The number of allylic oxidation sites excluding steroid dienone is 1. The summed E-state index contributed by atoms with van der Waals surface area (Å²) in [6.07, 6.45) is 9.68. The molecular formula is C36H37N4+. The highest BCUT2D eigenvalue weighted by atomic mass is 15.4. The molecule has 3 aromatic carbocycles. The zero-order chi connectivity index (χ0) is 27.7. The van der Waals surface area contributed by atoms with Crippen molar-refractivity contribution in [3.8, 4) is 39.3 Å². The van der Waals surface area contributed by atoms with Gasteiger partial charge in [0.2, 0.25) is 5.69 Å². The number of nitrogens with zero attached hydrogens (tertiary/aromatic N) is 4. The first-order valence-electron chi connectivity index (χ1n) is 14.6. The van der Waals surface area contributed by atoms with Crippen LogP contribution in [0.1, 0.15) is 57.6 Å². The van der Waals surface area contributed by atoms with Crippen molar-refractivity contribution in [2.45, 2.75) is 58.4 Å². The van der Waals surface area contributed by atoms with Gasteiger partial charge >= 0.3 is 0 Å². The van der Waals surface area contributed by atoms with Crippen LogP contribution in [0.4, 0.5) is 0 Å². The molecule has 0 N–H and O–H groups in total. The number of pyridine rings is 1. The highest BCUT2D eigenvalue weighted by molar-refractivity contribution is 5.84. The van der Waals surface area contributed by atoms with Crippen LogP contribution in [0.3, 0.4) is 0 Å². The van der Waals surface area contributed by atoms with Crippen molar-refractivity contribution in [2.24, 2.45) is 0 Å². The Morgan fingerprint density at radius 3 is 2.35 bits per heavy atom. The largest absolute Gasteiger partial charge is 0.220 e. The van der Waals surface area contributed by atoms with Crippen LogP contribution in [0.25, 0.3) is 44.9 Å². The molecular weight excluding hydrogens is 488 g/mol. The Hall–Kier alpha value is -4.31. The van der Waals surface area contributed by atoms with E-state index in [4.69, 9.17) is 0 Å². The number of hydrogen-bond donors (Lipinski definition) is 0. The highest BCUT2D eigenvalue weighted by Gasteiger charge is 2.46. The molecule has 0 unspecified atom stereocenters. The predicted molar refractivity (Wildman–Crippen MR) is 164 cm³/mol. The molecule has 4 heteroatoms. The molecule has 0 atom stereocenters. The van der Waals surface area contributed by atoms with Gasteiger partial charge < -0.3 is 0 Å². The predicted octanol–water partition coefficient (Wildman–Crippen LogP) is 8.44. The van der Waals surface area contributed by atoms with Crippen LogP contribution < -0.4 is 4.57 Å². The Bertz CT molecular complexity index is 1670. The van der Waals surface area contributed by atoms with E-state index in [1.54, 1.807) is 0 Å². The second-order valence-corrected chi connectivity index (χ2v) is 10.8. The lowest BCUT2D eigenvalue weighted by atomic mass is 9.75. The van der Waals surface area contributed by atoms with E-state index in [0.29, 0.717) is 0 Å². The van der Waals surface area contributed by atoms with Crippen LogP contribution >= 0.6 is 0 Å². The quantitative estimate of drug-likeness (QED) is 0.191. The standard InChI is InChI=1S/C36H37N4/c1-5-8-14-27-18-20-31(28-15-10-9-11-16-28)32(23-27)34-25-40(38-37-34)29-19-21-30-26(4)36(6-2,7-3)39-22-13-12-17-35(39)33(30)24-29/h9-13,15-25H,4-8,14H2,1-3H3/q+1. The number of aryl methyl sites for hydroxylation is 1. The van der Waals surface area contributed by atoms with Gasteiger partial charge in [0.05, 0.1) is 17.4 Å². The monoisotopic (exact) mass is 525 g/mol. The first-order chi connectivity index (χ1) is 19.6. The van der Waals surface area contributed by atoms with Crippen molar-refractivity contribution in [3.63, 3.8) is 0 Å². The van der Waals surface area contributed by atoms with Crippen molar-refractivity contribution in [2.75, 3.05) is 0 Å². The van der Waals surface area contributed by atoms with Crippen molar-refractivity contribution in [1.29, 1.82) is 0 Å². The van der Waals surface area contributed by atoms with Gasteiger partial charge in [-0.15, -0.1) is 5.10 Å². The maximum absolute atomic E-state index is 4.68. The van der Waals surface area contributed by atoms with Gasteiger partial charge in [-0.2, -0.15) is 4.57 Å². The maximum Gasteiger partial charge on any atom is 0.213 e. The van der Waals surface area contributed by atoms with Gasteiger partial charge in [-0.05, 0) is 59.4 Å². The minimum absolute atomic E-state index is 0.109. The Morgan fingerprint density at radius 2 is 1.57 bits per heavy atom. The van der Waals surface area contributed by atoms with E-state index in [9.17, 15) is 0 Å². The molecule has 0 amide bonds. The number of hydrogen-bond acceptors (Lipinski definition) is 2. The molecule has 0 bridgehead atoms. The summed E-state index contributed by atoms with van der Waals surface area (Å²) >= 11 is 0. The highest BCUT2D eigenvalue weighted by Crippen LogP contribution is 2.44. The van der Waals surface area contributed by atoms with Crippen LogP contribution in [0.2, 0.25) is 0 Å². The second kappa shape index (κ2) is 10.7. The third-order valence-corrected chi connectivity index (χ3v) is 8.68. The maximum atomic E-state index is 4.68. The summed E-state index contributed by atoms with van der Waals surface area (Å²) in [6, 6.07) is 30.4. The fraction of sp³-hybridized carbons (Fsp3) is 0.250. The van der Waals surface area contributed by atoms with Crippen molar-refractivity contribution < 1.29 is 4.57 Å². The van der Waals surface area contributed by atoms with E-state index < -0.39 is 0 Å². The van der Waals surface area contributed by atoms with E-state index in [1.165, 1.54) is 51.9 Å². The van der Waals surface area contributed by atoms with Gasteiger partial charge in [0.25, 0.3) is 0 Å². The Kier molecular flexibility index (Phi) is 6.93. The zero-order valence-electron chi connectivity index (χ0n) is 23.8. The minimum Gasteiger partial charge on any atom is -0.220 e. The smallest absolute Gasteiger partial charge is 0.213 e. The van der Waals surface area contributed by atoms with Crippen LogP contribution in [0.15, 0.2) is 104 Å². The van der Waals surface area contributed by atoms with Gasteiger partial charge in [-0.3, -0.25) is 0 Å². The summed E-state index contributed by atoms with van der Waals surface area (Å²) in [4.78, 5) is 0. The van der Waals surface area contributed by atoms with Crippen molar-refractivity contribution in [3.05, 3.63) is 115 Å². The van der Waals surface area contributed by atoms with E-state index in [0.717, 1.165) is 36.2 Å².